The second-order valence-corrected chi connectivity index (χ2v) is 0.927. The predicted octanol–water partition coefficient (Wildman–Crippen LogP) is -0.510. The van der Waals surface area contributed by atoms with Gasteiger partial charge in [0.1, 0.15) is 0 Å². The zero-order chi connectivity index (χ0) is 6.28. The number of hydrogen-bond donors (Lipinski definition) is 2. The van der Waals surface area contributed by atoms with Crippen molar-refractivity contribution >= 4 is 5.91 Å². The average molecular weight is 105 g/mol. The van der Waals surface area contributed by atoms with Crippen molar-refractivity contribution in [3.8, 4) is 0 Å². The van der Waals surface area contributed by atoms with Crippen LogP contribution in [-0.4, -0.2) is 17.6 Å². The molecule has 0 aromatic heterocycles. The normalized spacial score (nSPS) is 6.14. The van der Waals surface area contributed by atoms with Gasteiger partial charge in [0.15, 0.2) is 0 Å². The summed E-state index contributed by atoms with van der Waals surface area (Å²) in [5, 5.41) is 7.57. The van der Waals surface area contributed by atoms with Crippen molar-refractivity contribution in [3.63, 3.8) is 0 Å². The van der Waals surface area contributed by atoms with Crippen LogP contribution in [0.3, 0.4) is 0 Å². The van der Waals surface area contributed by atoms with Gasteiger partial charge in [0.05, 0.1) is 0 Å². The molecule has 0 aromatic rings. The zero-order valence-electron chi connectivity index (χ0n) is 4.64. The molecule has 3 nitrogen and oxygen atoms in total. The van der Waals surface area contributed by atoms with Crippen molar-refractivity contribution in [1.82, 2.24) is 0 Å². The summed E-state index contributed by atoms with van der Waals surface area (Å²) in [4.78, 5) is 9.22. The van der Waals surface area contributed by atoms with Crippen LogP contribution < -0.4 is 5.73 Å². The number of rotatable bonds is 0. The van der Waals surface area contributed by atoms with Gasteiger partial charge in [-0.2, -0.15) is 0 Å². The van der Waals surface area contributed by atoms with Gasteiger partial charge in [0.25, 0.3) is 0 Å². The molecule has 0 fully saturated rings. The number of hydrogen-bond acceptors (Lipinski definition) is 2. The smallest absolute Gasteiger partial charge is 0.214 e. The molecule has 0 saturated heterocycles. The second-order valence-electron chi connectivity index (χ2n) is 0.927. The standard InChI is InChI=1S/C2H5NO.C2H6O/c1-2(3)4;1-2-3/h1H3,(H2,3,4);3H,2H2,1H3. The topological polar surface area (TPSA) is 63.3 Å². The Labute approximate surface area is 43.1 Å². The Bertz CT molecular complexity index is 41.0. The van der Waals surface area contributed by atoms with E-state index in [2.05, 4.69) is 5.73 Å². The van der Waals surface area contributed by atoms with Gasteiger partial charge in [-0.1, -0.05) is 0 Å². The molecule has 3 heteroatoms. The minimum absolute atomic E-state index is 0.250. The average Bonchev–Trinajstić information content (AvgIpc) is 1.33. The fourth-order valence-corrected chi connectivity index (χ4v) is 0. The quantitative estimate of drug-likeness (QED) is 0.436. The van der Waals surface area contributed by atoms with Gasteiger partial charge in [-0.3, -0.25) is 4.79 Å². The molecule has 7 heavy (non-hydrogen) atoms. The van der Waals surface area contributed by atoms with E-state index in [1.54, 1.807) is 6.92 Å². The van der Waals surface area contributed by atoms with Gasteiger partial charge in [-0.05, 0) is 6.92 Å². The minimum atomic E-state index is -0.333. The Hall–Kier alpha value is -0.570. The molecule has 0 aliphatic carbocycles. The fraction of sp³-hybridized carbons (Fsp3) is 0.750. The van der Waals surface area contributed by atoms with E-state index in [-0.39, 0.29) is 12.5 Å². The summed E-state index contributed by atoms with van der Waals surface area (Å²) >= 11 is 0. The van der Waals surface area contributed by atoms with Crippen molar-refractivity contribution in [2.24, 2.45) is 5.73 Å². The highest BCUT2D eigenvalue weighted by atomic mass is 16.2. The van der Waals surface area contributed by atoms with Crippen LogP contribution in [0.25, 0.3) is 0 Å². The number of carbonyl (C=O) groups excluding carboxylic acids is 1. The SMILES string of the molecule is CC(N)=O.CCO. The number of nitrogens with two attached hydrogens (primary N) is 1. The van der Waals surface area contributed by atoms with E-state index in [1.807, 2.05) is 0 Å². The number of aliphatic hydroxyl groups excluding tert-OH is 1. The molecule has 0 aromatic carbocycles. The first-order valence-corrected chi connectivity index (χ1v) is 2.02. The van der Waals surface area contributed by atoms with Gasteiger partial charge >= 0.3 is 0 Å². The van der Waals surface area contributed by atoms with Crippen LogP contribution in [-0.2, 0) is 4.79 Å². The number of carbonyl (C=O) groups is 1. The summed E-state index contributed by atoms with van der Waals surface area (Å²) in [7, 11) is 0. The van der Waals surface area contributed by atoms with E-state index in [4.69, 9.17) is 5.11 Å². The van der Waals surface area contributed by atoms with Crippen molar-refractivity contribution in [2.45, 2.75) is 13.8 Å². The summed E-state index contributed by atoms with van der Waals surface area (Å²) in [6.07, 6.45) is 0. The molecular formula is C4H11NO2. The maximum absolute atomic E-state index is 9.22. The lowest BCUT2D eigenvalue weighted by atomic mass is 10.8. The van der Waals surface area contributed by atoms with E-state index in [0.29, 0.717) is 0 Å². The highest BCUT2D eigenvalue weighted by Gasteiger charge is 1.61. The third-order valence-corrected chi connectivity index (χ3v) is 0. The first-order chi connectivity index (χ1) is 3.15. The lowest BCUT2D eigenvalue weighted by Gasteiger charge is -1.60. The molecule has 0 atom stereocenters. The van der Waals surface area contributed by atoms with Crippen molar-refractivity contribution < 1.29 is 9.90 Å². The lowest BCUT2D eigenvalue weighted by Crippen LogP contribution is -2.01. The Morgan fingerprint density at radius 3 is 1.86 bits per heavy atom. The summed E-state index contributed by atoms with van der Waals surface area (Å²) in [6, 6.07) is 0. The molecular weight excluding hydrogens is 94.0 g/mol. The van der Waals surface area contributed by atoms with Crippen LogP contribution in [0.1, 0.15) is 13.8 Å². The Morgan fingerprint density at radius 2 is 1.86 bits per heavy atom. The molecule has 0 unspecified atom stereocenters. The zero-order valence-corrected chi connectivity index (χ0v) is 4.64. The van der Waals surface area contributed by atoms with Crippen LogP contribution in [0.5, 0.6) is 0 Å². The molecule has 0 spiro atoms. The van der Waals surface area contributed by atoms with Crippen LogP contribution >= 0.6 is 0 Å². The first-order valence-electron chi connectivity index (χ1n) is 2.02. The highest BCUT2D eigenvalue weighted by Crippen LogP contribution is 1.33. The van der Waals surface area contributed by atoms with Gasteiger partial charge in [0, 0.05) is 13.5 Å². The third-order valence-electron chi connectivity index (χ3n) is 0. The number of primary amides is 1. The Kier molecular flexibility index (Phi) is 12.5. The molecule has 0 rings (SSSR count). The molecule has 44 valence electrons. The Morgan fingerprint density at radius 1 is 1.86 bits per heavy atom. The van der Waals surface area contributed by atoms with E-state index in [0.717, 1.165) is 0 Å². The van der Waals surface area contributed by atoms with E-state index >= 15 is 0 Å². The van der Waals surface area contributed by atoms with Crippen LogP contribution in [0, 0.1) is 0 Å². The summed E-state index contributed by atoms with van der Waals surface area (Å²) in [6.45, 7) is 3.24. The van der Waals surface area contributed by atoms with Crippen LogP contribution in [0.4, 0.5) is 0 Å². The molecule has 0 radical (unpaired) electrons. The minimum Gasteiger partial charge on any atom is -0.397 e. The van der Waals surface area contributed by atoms with Gasteiger partial charge in [0.2, 0.25) is 5.91 Å². The molecule has 0 bridgehead atoms. The van der Waals surface area contributed by atoms with Crippen LogP contribution in [0.15, 0.2) is 0 Å². The van der Waals surface area contributed by atoms with Gasteiger partial charge in [-0.15, -0.1) is 0 Å². The van der Waals surface area contributed by atoms with Gasteiger partial charge < -0.3 is 10.8 Å². The lowest BCUT2D eigenvalue weighted by molar-refractivity contribution is -0.115. The van der Waals surface area contributed by atoms with Crippen molar-refractivity contribution in [3.05, 3.63) is 0 Å². The fourth-order valence-electron chi connectivity index (χ4n) is 0. The summed E-state index contributed by atoms with van der Waals surface area (Å²) in [5.74, 6) is -0.333. The largest absolute Gasteiger partial charge is 0.397 e. The molecule has 0 heterocycles. The first kappa shape index (κ1) is 9.66. The second kappa shape index (κ2) is 9.06. The maximum atomic E-state index is 9.22. The maximum Gasteiger partial charge on any atom is 0.214 e. The molecule has 1 amide bonds. The van der Waals surface area contributed by atoms with Crippen molar-refractivity contribution in [1.29, 1.82) is 0 Å². The summed E-state index contributed by atoms with van der Waals surface area (Å²) in [5.41, 5.74) is 4.47. The van der Waals surface area contributed by atoms with E-state index < -0.39 is 0 Å². The van der Waals surface area contributed by atoms with E-state index in [1.165, 1.54) is 6.92 Å². The van der Waals surface area contributed by atoms with E-state index in [9.17, 15) is 4.79 Å². The summed E-state index contributed by atoms with van der Waals surface area (Å²) < 4.78 is 0. The van der Waals surface area contributed by atoms with Crippen LogP contribution in [0.2, 0.25) is 0 Å². The molecule has 0 saturated carbocycles. The molecule has 0 aliphatic heterocycles. The number of aliphatic hydroxyl groups is 1. The highest BCUT2D eigenvalue weighted by molar-refractivity contribution is 5.70. The monoisotopic (exact) mass is 105 g/mol. The predicted molar refractivity (Wildman–Crippen MR) is 27.6 cm³/mol. The van der Waals surface area contributed by atoms with Crippen molar-refractivity contribution in [2.75, 3.05) is 6.61 Å². The Balaban J connectivity index is 0. The third kappa shape index (κ3) is 197. The number of amides is 1. The molecule has 3 N–H and O–H groups in total. The molecule has 0 aliphatic rings. The van der Waals surface area contributed by atoms with Gasteiger partial charge in [-0.25, -0.2) is 0 Å².